The molecule has 128 valence electrons. The Bertz CT molecular complexity index is 547. The van der Waals surface area contributed by atoms with Gasteiger partial charge in [-0.15, -0.1) is 0 Å². The number of piperazine rings is 1. The Hall–Kier alpha value is -1.53. The molecular formula is C17H24F3N3. The molecule has 1 aromatic rings. The number of rotatable bonds is 5. The van der Waals surface area contributed by atoms with Gasteiger partial charge >= 0.3 is 6.18 Å². The number of halogens is 3. The van der Waals surface area contributed by atoms with Crippen molar-refractivity contribution in [1.82, 2.24) is 15.1 Å². The van der Waals surface area contributed by atoms with Gasteiger partial charge in [0.15, 0.2) is 0 Å². The second kappa shape index (κ2) is 7.36. The van der Waals surface area contributed by atoms with Crippen LogP contribution in [0.25, 0.3) is 5.70 Å². The predicted octanol–water partition coefficient (Wildman–Crippen LogP) is 3.03. The molecule has 6 heteroatoms. The Morgan fingerprint density at radius 3 is 2.30 bits per heavy atom. The lowest BCUT2D eigenvalue weighted by molar-refractivity contribution is -0.138. The molecule has 0 unspecified atom stereocenters. The average molecular weight is 327 g/mol. The van der Waals surface area contributed by atoms with Crippen LogP contribution >= 0.6 is 0 Å². The SMILES string of the molecule is C=C(NC)c1ccc(CN2CCN(CC)CC2)c(C(F)(F)F)c1. The minimum atomic E-state index is -4.36. The van der Waals surface area contributed by atoms with Crippen LogP contribution < -0.4 is 5.32 Å². The molecule has 23 heavy (non-hydrogen) atoms. The molecule has 0 aliphatic carbocycles. The number of hydrogen-bond donors (Lipinski definition) is 1. The summed E-state index contributed by atoms with van der Waals surface area (Å²) in [4.78, 5) is 4.39. The van der Waals surface area contributed by atoms with Gasteiger partial charge in [0.05, 0.1) is 5.56 Å². The summed E-state index contributed by atoms with van der Waals surface area (Å²) in [6, 6.07) is 4.47. The Labute approximate surface area is 135 Å². The minimum absolute atomic E-state index is 0.329. The van der Waals surface area contributed by atoms with E-state index in [4.69, 9.17) is 0 Å². The van der Waals surface area contributed by atoms with E-state index in [1.54, 1.807) is 19.2 Å². The van der Waals surface area contributed by atoms with Gasteiger partial charge in [-0.25, -0.2) is 0 Å². The molecule has 0 atom stereocenters. The highest BCUT2D eigenvalue weighted by atomic mass is 19.4. The first-order valence-corrected chi connectivity index (χ1v) is 7.87. The van der Waals surface area contributed by atoms with Crippen molar-refractivity contribution < 1.29 is 13.2 Å². The Morgan fingerprint density at radius 1 is 1.17 bits per heavy atom. The van der Waals surface area contributed by atoms with E-state index in [2.05, 4.69) is 28.6 Å². The smallest absolute Gasteiger partial charge is 0.388 e. The van der Waals surface area contributed by atoms with Gasteiger partial charge in [0.1, 0.15) is 0 Å². The lowest BCUT2D eigenvalue weighted by Crippen LogP contribution is -2.45. The summed E-state index contributed by atoms with van der Waals surface area (Å²) in [5.74, 6) is 0. The maximum atomic E-state index is 13.4. The highest BCUT2D eigenvalue weighted by Gasteiger charge is 2.34. The van der Waals surface area contributed by atoms with Gasteiger partial charge in [-0.2, -0.15) is 13.2 Å². The van der Waals surface area contributed by atoms with E-state index in [-0.39, 0.29) is 0 Å². The highest BCUT2D eigenvalue weighted by molar-refractivity contribution is 5.62. The highest BCUT2D eigenvalue weighted by Crippen LogP contribution is 2.34. The molecule has 0 aromatic heterocycles. The second-order valence-electron chi connectivity index (χ2n) is 5.81. The van der Waals surface area contributed by atoms with Gasteiger partial charge in [-0.3, -0.25) is 4.90 Å². The van der Waals surface area contributed by atoms with E-state index in [0.29, 0.717) is 23.4 Å². The van der Waals surface area contributed by atoms with E-state index in [1.807, 2.05) is 0 Å². The fourth-order valence-electron chi connectivity index (χ4n) is 2.81. The van der Waals surface area contributed by atoms with Crippen molar-refractivity contribution in [1.29, 1.82) is 0 Å². The normalized spacial score (nSPS) is 17.3. The zero-order chi connectivity index (χ0) is 17.0. The van der Waals surface area contributed by atoms with E-state index in [1.165, 1.54) is 6.07 Å². The molecule has 1 aliphatic heterocycles. The number of nitrogens with zero attached hydrogens (tertiary/aromatic N) is 2. The van der Waals surface area contributed by atoms with Crippen molar-refractivity contribution in [2.75, 3.05) is 39.8 Å². The van der Waals surface area contributed by atoms with Crippen molar-refractivity contribution in [3.63, 3.8) is 0 Å². The van der Waals surface area contributed by atoms with Crippen LogP contribution in [0.5, 0.6) is 0 Å². The van der Waals surface area contributed by atoms with Crippen molar-refractivity contribution in [2.24, 2.45) is 0 Å². The van der Waals surface area contributed by atoms with Crippen molar-refractivity contribution in [2.45, 2.75) is 19.6 Å². The van der Waals surface area contributed by atoms with E-state index in [9.17, 15) is 13.2 Å². The first kappa shape index (κ1) is 17.8. The van der Waals surface area contributed by atoms with Gasteiger partial charge in [0.2, 0.25) is 0 Å². The molecule has 0 saturated carbocycles. The fraction of sp³-hybridized carbons (Fsp3) is 0.529. The molecule has 2 rings (SSSR count). The number of hydrogen-bond acceptors (Lipinski definition) is 3. The summed E-state index contributed by atoms with van der Waals surface area (Å²) in [6.07, 6.45) is -4.36. The van der Waals surface area contributed by atoms with Crippen LogP contribution in [0, 0.1) is 0 Å². The maximum absolute atomic E-state index is 13.4. The average Bonchev–Trinajstić information content (AvgIpc) is 2.54. The topological polar surface area (TPSA) is 18.5 Å². The Balaban J connectivity index is 2.19. The lowest BCUT2D eigenvalue weighted by Gasteiger charge is -2.34. The third-order valence-corrected chi connectivity index (χ3v) is 4.37. The largest absolute Gasteiger partial charge is 0.416 e. The molecule has 1 saturated heterocycles. The monoisotopic (exact) mass is 327 g/mol. The van der Waals surface area contributed by atoms with E-state index < -0.39 is 11.7 Å². The van der Waals surface area contributed by atoms with Crippen LogP contribution in [0.3, 0.4) is 0 Å². The quantitative estimate of drug-likeness (QED) is 0.897. The Kier molecular flexibility index (Phi) is 5.70. The van der Waals surface area contributed by atoms with Crippen LogP contribution in [0.4, 0.5) is 13.2 Å². The summed E-state index contributed by atoms with van der Waals surface area (Å²) in [5, 5.41) is 2.79. The number of likely N-dealkylation sites (N-methyl/N-ethyl adjacent to an activating group) is 1. The number of benzene rings is 1. The number of nitrogens with one attached hydrogen (secondary N) is 1. The molecule has 0 bridgehead atoms. The molecule has 1 heterocycles. The summed E-state index contributed by atoms with van der Waals surface area (Å²) >= 11 is 0. The lowest BCUT2D eigenvalue weighted by atomic mass is 10.0. The summed E-state index contributed by atoms with van der Waals surface area (Å²) in [6.45, 7) is 10.6. The molecule has 0 radical (unpaired) electrons. The second-order valence-corrected chi connectivity index (χ2v) is 5.81. The van der Waals surface area contributed by atoms with Crippen LogP contribution in [0.2, 0.25) is 0 Å². The number of alkyl halides is 3. The molecule has 1 aliphatic rings. The maximum Gasteiger partial charge on any atom is 0.416 e. The van der Waals surface area contributed by atoms with Crippen molar-refractivity contribution in [3.8, 4) is 0 Å². The fourth-order valence-corrected chi connectivity index (χ4v) is 2.81. The summed E-state index contributed by atoms with van der Waals surface area (Å²) in [7, 11) is 1.65. The van der Waals surface area contributed by atoms with E-state index >= 15 is 0 Å². The molecule has 1 fully saturated rings. The predicted molar refractivity (Wildman–Crippen MR) is 86.9 cm³/mol. The van der Waals surface area contributed by atoms with Crippen molar-refractivity contribution in [3.05, 3.63) is 41.5 Å². The minimum Gasteiger partial charge on any atom is -0.388 e. The van der Waals surface area contributed by atoms with Crippen LogP contribution in [-0.2, 0) is 12.7 Å². The molecule has 3 nitrogen and oxygen atoms in total. The third-order valence-electron chi connectivity index (χ3n) is 4.37. The molecule has 1 N–H and O–H groups in total. The van der Waals surface area contributed by atoms with Crippen LogP contribution in [-0.4, -0.2) is 49.6 Å². The summed E-state index contributed by atoms with van der Waals surface area (Å²) < 4.78 is 40.2. The van der Waals surface area contributed by atoms with Crippen LogP contribution in [0.15, 0.2) is 24.8 Å². The van der Waals surface area contributed by atoms with Gasteiger partial charge in [0, 0.05) is 45.5 Å². The molecule has 1 aromatic carbocycles. The van der Waals surface area contributed by atoms with E-state index in [0.717, 1.165) is 32.7 Å². The Morgan fingerprint density at radius 2 is 1.78 bits per heavy atom. The molecule has 0 spiro atoms. The molecule has 0 amide bonds. The van der Waals surface area contributed by atoms with Gasteiger partial charge < -0.3 is 10.2 Å². The van der Waals surface area contributed by atoms with Gasteiger partial charge in [-0.1, -0.05) is 25.6 Å². The van der Waals surface area contributed by atoms with Gasteiger partial charge in [0.25, 0.3) is 0 Å². The first-order valence-electron chi connectivity index (χ1n) is 7.87. The van der Waals surface area contributed by atoms with Crippen molar-refractivity contribution >= 4 is 5.70 Å². The standard InChI is InChI=1S/C17H24F3N3/c1-4-22-7-9-23(10-8-22)12-15-6-5-14(13(2)21-3)11-16(15)17(18,19)20/h5-6,11,21H,2,4,7-10,12H2,1,3H3. The summed E-state index contributed by atoms with van der Waals surface area (Å²) in [5.41, 5.74) is 0.720. The van der Waals surface area contributed by atoms with Crippen LogP contribution in [0.1, 0.15) is 23.6 Å². The zero-order valence-corrected chi connectivity index (χ0v) is 13.7. The third kappa shape index (κ3) is 4.48. The van der Waals surface area contributed by atoms with Gasteiger partial charge in [-0.05, 0) is 23.7 Å². The zero-order valence-electron chi connectivity index (χ0n) is 13.7. The molecular weight excluding hydrogens is 303 g/mol. The first-order chi connectivity index (χ1) is 10.8.